The third-order valence-electron chi connectivity index (χ3n) is 5.21. The van der Waals surface area contributed by atoms with E-state index in [1.54, 1.807) is 0 Å². The van der Waals surface area contributed by atoms with E-state index in [0.717, 1.165) is 12.8 Å². The second-order valence-electron chi connectivity index (χ2n) is 5.79. The minimum Gasteiger partial charge on any atom is -0.396 e. The largest absolute Gasteiger partial charge is 0.396 e. The summed E-state index contributed by atoms with van der Waals surface area (Å²) in [4.78, 5) is 0. The zero-order chi connectivity index (χ0) is 13.2. The lowest BCUT2D eigenvalue weighted by Gasteiger charge is -2.56. The van der Waals surface area contributed by atoms with Crippen LogP contribution in [-0.4, -0.2) is 37.0 Å². The molecule has 0 saturated heterocycles. The average Bonchev–Trinajstić information content (AvgIpc) is 2.83. The van der Waals surface area contributed by atoms with Gasteiger partial charge in [0.25, 0.3) is 0 Å². The lowest BCUT2D eigenvalue weighted by molar-refractivity contribution is -0.125. The maximum absolute atomic E-state index is 9.17. The zero-order valence-electron chi connectivity index (χ0n) is 11.9. The molecule has 18 heavy (non-hydrogen) atoms. The second kappa shape index (κ2) is 5.72. The normalized spacial score (nSPS) is 37.8. The van der Waals surface area contributed by atoms with Crippen LogP contribution in [0.4, 0.5) is 0 Å². The van der Waals surface area contributed by atoms with E-state index in [2.05, 4.69) is 31.3 Å². The maximum Gasteiger partial charge on any atom is 0.0657 e. The average molecular weight is 253 g/mol. The van der Waals surface area contributed by atoms with Gasteiger partial charge in [-0.2, -0.15) is 0 Å². The molecule has 0 aromatic heterocycles. The molecule has 2 N–H and O–H groups in total. The molecule has 0 radical (unpaired) electrons. The van der Waals surface area contributed by atoms with Gasteiger partial charge in [-0.05, 0) is 25.7 Å². The SMILES string of the molecule is CCC1(CC)[C@@H](N[C@@H]2C=C[C@H](CO)C2)C[C@H]1OC. The van der Waals surface area contributed by atoms with E-state index in [-0.39, 0.29) is 6.61 Å². The molecular weight excluding hydrogens is 226 g/mol. The van der Waals surface area contributed by atoms with Crippen molar-refractivity contribution >= 4 is 0 Å². The molecule has 3 nitrogen and oxygen atoms in total. The number of methoxy groups -OCH3 is 1. The van der Waals surface area contributed by atoms with E-state index >= 15 is 0 Å². The number of nitrogens with one attached hydrogen (secondary N) is 1. The third kappa shape index (κ3) is 2.24. The van der Waals surface area contributed by atoms with Crippen molar-refractivity contribution in [2.45, 2.75) is 57.7 Å². The first-order chi connectivity index (χ1) is 8.70. The van der Waals surface area contributed by atoms with Gasteiger partial charge in [0, 0.05) is 37.1 Å². The van der Waals surface area contributed by atoms with E-state index < -0.39 is 0 Å². The first-order valence-corrected chi connectivity index (χ1v) is 7.28. The highest BCUT2D eigenvalue weighted by Crippen LogP contribution is 2.49. The molecule has 0 aromatic carbocycles. The monoisotopic (exact) mass is 253 g/mol. The van der Waals surface area contributed by atoms with Crippen LogP contribution >= 0.6 is 0 Å². The van der Waals surface area contributed by atoms with Gasteiger partial charge in [-0.1, -0.05) is 26.0 Å². The van der Waals surface area contributed by atoms with Crippen LogP contribution in [0.2, 0.25) is 0 Å². The summed E-state index contributed by atoms with van der Waals surface area (Å²) < 4.78 is 5.62. The third-order valence-corrected chi connectivity index (χ3v) is 5.21. The molecule has 0 spiro atoms. The molecular formula is C15H27NO2. The lowest BCUT2D eigenvalue weighted by atomic mass is 9.58. The molecule has 2 rings (SSSR count). The van der Waals surface area contributed by atoms with Gasteiger partial charge in [0.15, 0.2) is 0 Å². The molecule has 0 amide bonds. The minimum absolute atomic E-state index is 0.271. The van der Waals surface area contributed by atoms with Gasteiger partial charge < -0.3 is 15.2 Å². The van der Waals surface area contributed by atoms with Crippen molar-refractivity contribution < 1.29 is 9.84 Å². The standard InChI is InChI=1S/C15H27NO2/c1-4-15(5-2)13(9-14(15)18-3)16-12-7-6-11(8-12)10-17/h6-7,11-14,16-17H,4-5,8-10H2,1-3H3/t11-,12+,13-,14+/m0/s1. The Labute approximate surface area is 111 Å². The highest BCUT2D eigenvalue weighted by molar-refractivity contribution is 5.12. The topological polar surface area (TPSA) is 41.5 Å². The number of hydrogen-bond acceptors (Lipinski definition) is 3. The number of aliphatic hydroxyl groups excluding tert-OH is 1. The lowest BCUT2D eigenvalue weighted by Crippen LogP contribution is -2.64. The van der Waals surface area contributed by atoms with Crippen LogP contribution in [-0.2, 0) is 4.74 Å². The Morgan fingerprint density at radius 2 is 2.00 bits per heavy atom. The highest BCUT2D eigenvalue weighted by atomic mass is 16.5. The summed E-state index contributed by atoms with van der Waals surface area (Å²) in [5, 5.41) is 12.9. The summed E-state index contributed by atoms with van der Waals surface area (Å²) in [6.07, 6.45) is 9.25. The fraction of sp³-hybridized carbons (Fsp3) is 0.867. The van der Waals surface area contributed by atoms with Crippen molar-refractivity contribution in [2.24, 2.45) is 11.3 Å². The van der Waals surface area contributed by atoms with Crippen LogP contribution in [0.3, 0.4) is 0 Å². The first-order valence-electron chi connectivity index (χ1n) is 7.28. The van der Waals surface area contributed by atoms with Crippen molar-refractivity contribution in [3.05, 3.63) is 12.2 Å². The Morgan fingerprint density at radius 1 is 1.28 bits per heavy atom. The Bertz CT molecular complexity index is 299. The summed E-state index contributed by atoms with van der Waals surface area (Å²) in [6.45, 7) is 4.81. The number of rotatable bonds is 6. The molecule has 0 unspecified atom stereocenters. The van der Waals surface area contributed by atoms with E-state index in [1.165, 1.54) is 12.8 Å². The van der Waals surface area contributed by atoms with Crippen molar-refractivity contribution in [3.8, 4) is 0 Å². The van der Waals surface area contributed by atoms with Crippen molar-refractivity contribution in [3.63, 3.8) is 0 Å². The fourth-order valence-corrected chi connectivity index (χ4v) is 3.80. The van der Waals surface area contributed by atoms with Crippen molar-refractivity contribution in [2.75, 3.05) is 13.7 Å². The Balaban J connectivity index is 1.93. The van der Waals surface area contributed by atoms with E-state index in [4.69, 9.17) is 9.84 Å². The molecule has 3 heteroatoms. The second-order valence-corrected chi connectivity index (χ2v) is 5.79. The minimum atomic E-state index is 0.271. The number of hydrogen-bond donors (Lipinski definition) is 2. The molecule has 4 atom stereocenters. The first kappa shape index (κ1) is 14.0. The smallest absolute Gasteiger partial charge is 0.0657 e. The molecule has 0 heterocycles. The Hall–Kier alpha value is -0.380. The molecule has 1 fully saturated rings. The van der Waals surface area contributed by atoms with Gasteiger partial charge >= 0.3 is 0 Å². The number of ether oxygens (including phenoxy) is 1. The van der Waals surface area contributed by atoms with Gasteiger partial charge in [0.1, 0.15) is 0 Å². The Kier molecular flexibility index (Phi) is 4.46. The summed E-state index contributed by atoms with van der Waals surface area (Å²) >= 11 is 0. The summed E-state index contributed by atoms with van der Waals surface area (Å²) in [5.74, 6) is 0.346. The van der Waals surface area contributed by atoms with Crippen LogP contribution < -0.4 is 5.32 Å². The quantitative estimate of drug-likeness (QED) is 0.712. The fourth-order valence-electron chi connectivity index (χ4n) is 3.80. The van der Waals surface area contributed by atoms with Gasteiger partial charge in [0.05, 0.1) is 6.10 Å². The maximum atomic E-state index is 9.17. The van der Waals surface area contributed by atoms with E-state index in [1.807, 2.05) is 7.11 Å². The van der Waals surface area contributed by atoms with E-state index in [9.17, 15) is 0 Å². The van der Waals surface area contributed by atoms with E-state index in [0.29, 0.717) is 29.5 Å². The van der Waals surface area contributed by atoms with Gasteiger partial charge in [0.2, 0.25) is 0 Å². The molecule has 104 valence electrons. The highest BCUT2D eigenvalue weighted by Gasteiger charge is 2.53. The van der Waals surface area contributed by atoms with Crippen LogP contribution in [0.5, 0.6) is 0 Å². The molecule has 1 saturated carbocycles. The predicted octanol–water partition coefficient (Wildman–Crippen LogP) is 2.11. The molecule has 0 bridgehead atoms. The number of aliphatic hydroxyl groups is 1. The summed E-state index contributed by atoms with van der Waals surface area (Å²) in [6, 6.07) is 0.993. The van der Waals surface area contributed by atoms with Crippen LogP contribution in [0.1, 0.15) is 39.5 Å². The molecule has 2 aliphatic carbocycles. The zero-order valence-corrected chi connectivity index (χ0v) is 11.9. The molecule has 2 aliphatic rings. The van der Waals surface area contributed by atoms with Crippen LogP contribution in [0, 0.1) is 11.3 Å². The summed E-state index contributed by atoms with van der Waals surface area (Å²) in [5.41, 5.74) is 0.305. The summed E-state index contributed by atoms with van der Waals surface area (Å²) in [7, 11) is 1.83. The molecule has 0 aromatic rings. The van der Waals surface area contributed by atoms with Gasteiger partial charge in [-0.3, -0.25) is 0 Å². The van der Waals surface area contributed by atoms with Gasteiger partial charge in [-0.15, -0.1) is 0 Å². The van der Waals surface area contributed by atoms with Gasteiger partial charge in [-0.25, -0.2) is 0 Å². The van der Waals surface area contributed by atoms with Crippen molar-refractivity contribution in [1.82, 2.24) is 5.32 Å². The van der Waals surface area contributed by atoms with Crippen molar-refractivity contribution in [1.29, 1.82) is 0 Å². The van der Waals surface area contributed by atoms with Crippen LogP contribution in [0.25, 0.3) is 0 Å². The predicted molar refractivity (Wildman–Crippen MR) is 73.5 cm³/mol. The molecule has 0 aliphatic heterocycles. The van der Waals surface area contributed by atoms with Crippen LogP contribution in [0.15, 0.2) is 12.2 Å². The Morgan fingerprint density at radius 3 is 2.50 bits per heavy atom.